The summed E-state index contributed by atoms with van der Waals surface area (Å²) in [7, 11) is 5.92. The van der Waals surface area contributed by atoms with Crippen LogP contribution in [-0.4, -0.2) is 144 Å². The zero-order chi connectivity index (χ0) is 59.7. The number of allylic oxidation sites excluding steroid dienone is 3. The van der Waals surface area contributed by atoms with Gasteiger partial charge in [-0.3, -0.25) is 34.2 Å². The molecule has 0 aromatic heterocycles. The van der Waals surface area contributed by atoms with Crippen LogP contribution in [0.15, 0.2) is 90.5 Å². The first-order chi connectivity index (χ1) is 39.0. The molecule has 82 heavy (non-hydrogen) atoms. The van der Waals surface area contributed by atoms with Crippen LogP contribution >= 0.6 is 23.4 Å². The van der Waals surface area contributed by atoms with Gasteiger partial charge in [-0.2, -0.15) is 0 Å². The molecular weight excluding hydrogens is 1090 g/mol. The number of carbonyl (C=O) groups excluding carboxylic acids is 7. The molecule has 1 unspecified atom stereocenters. The molecule has 1 saturated carbocycles. The number of nitrogens with one attached hydrogen (secondary N) is 2. The van der Waals surface area contributed by atoms with Gasteiger partial charge in [-0.1, -0.05) is 111 Å². The molecule has 4 heterocycles. The Hall–Kier alpha value is -5.99. The number of epoxide rings is 1. The van der Waals surface area contributed by atoms with E-state index in [4.69, 9.17) is 35.3 Å². The lowest BCUT2D eigenvalue weighted by molar-refractivity contribution is -0.162. The second-order valence-corrected chi connectivity index (χ2v) is 24.4. The minimum atomic E-state index is -1.88. The van der Waals surface area contributed by atoms with Gasteiger partial charge in [0, 0.05) is 64.6 Å². The summed E-state index contributed by atoms with van der Waals surface area (Å²) in [5.41, 5.74) is -0.668. The summed E-state index contributed by atoms with van der Waals surface area (Å²) in [6.07, 6.45) is 4.53. The fraction of sp³-hybridized carbons (Fsp3) is 0.565. The van der Waals surface area contributed by atoms with Gasteiger partial charge in [-0.15, -0.1) is 11.8 Å². The fourth-order valence-electron chi connectivity index (χ4n) is 11.8. The number of fused-ring (bicyclic) bond motifs is 5. The number of rotatable bonds is 16. The number of thioether (sulfide) groups is 1. The highest BCUT2D eigenvalue weighted by molar-refractivity contribution is 8.00. The Bertz CT molecular complexity index is 2800. The summed E-state index contributed by atoms with van der Waals surface area (Å²) in [6, 6.07) is 20.3. The number of ether oxygens (including phenoxy) is 5. The van der Waals surface area contributed by atoms with E-state index in [9.17, 15) is 38.7 Å². The van der Waals surface area contributed by atoms with E-state index >= 15 is 0 Å². The van der Waals surface area contributed by atoms with Crippen molar-refractivity contribution in [2.45, 2.75) is 165 Å². The Morgan fingerprint density at radius 3 is 2.28 bits per heavy atom. The highest BCUT2D eigenvalue weighted by Gasteiger charge is 2.64. The van der Waals surface area contributed by atoms with E-state index in [1.54, 1.807) is 45.2 Å². The number of methoxy groups -OCH3 is 2. The minimum Gasteiger partial charge on any atom is -0.495 e. The minimum absolute atomic E-state index is 0.0135. The van der Waals surface area contributed by atoms with Crippen molar-refractivity contribution in [2.24, 2.45) is 17.8 Å². The van der Waals surface area contributed by atoms with Crippen LogP contribution in [0.3, 0.4) is 0 Å². The molecule has 20 heteroatoms. The molecule has 18 nitrogen and oxygen atoms in total. The predicted molar refractivity (Wildman–Crippen MR) is 313 cm³/mol. The molecule has 4 fully saturated rings. The number of amides is 6. The molecule has 3 saturated heterocycles. The van der Waals surface area contributed by atoms with Gasteiger partial charge in [-0.05, 0) is 94.9 Å². The highest BCUT2D eigenvalue weighted by Crippen LogP contribution is 2.49. The molecule has 3 N–H and O–H groups in total. The molecule has 0 radical (unpaired) electrons. The highest BCUT2D eigenvalue weighted by atomic mass is 35.5. The second kappa shape index (κ2) is 27.6. The molecule has 7 rings (SSSR count). The Morgan fingerprint density at radius 1 is 0.988 bits per heavy atom. The molecule has 6 amide bonds. The molecule has 2 aromatic rings. The Balaban J connectivity index is 0.964. The van der Waals surface area contributed by atoms with E-state index in [1.807, 2.05) is 55.5 Å². The maximum absolute atomic E-state index is 14.4. The summed E-state index contributed by atoms with van der Waals surface area (Å²) in [6.45, 7) is 11.3. The maximum atomic E-state index is 14.4. The number of aliphatic hydroxyl groups is 1. The van der Waals surface area contributed by atoms with Crippen LogP contribution < -0.4 is 20.3 Å². The van der Waals surface area contributed by atoms with Crippen LogP contribution in [0.25, 0.3) is 0 Å². The zero-order valence-electron chi connectivity index (χ0n) is 48.9. The standard InChI is InChI=1S/C62H82ClN5O13S/c1-11-61(12-2,44-22-18-16-14-13-15-17-19-23-44)64-56(72)43-27-25-41(26-28-43)37-68-53(71)34-48(57(68)73)82-30-29-51(69)66(7)40(5)58(74)80-50-35-52(70)67(8)45-32-42(33-46(77-9)54(45)63)31-38(3)21-20-24-49(78-10)62(76)36-47(79-59(75)65-62)39(4)55-60(50,6)81-55/h13-24,32-33,39-41,43,47-50,55,76H,11-12,25-31,34-37H2,1-10H3,(H,64,72)(H,65,75)/b14-13?,15-13?,16-14?,17-15?,18-16?,19-17?,22-18?,23-19?,24-20+,38-21+,44-22?,44-23?/t39-,40+,41?,43?,47+,48?,49-,50+,55+,60+,62+/m1/s1. The molecule has 9 atom stereocenters. The van der Waals surface area contributed by atoms with Crippen LogP contribution in [-0.2, 0) is 59.7 Å². The van der Waals surface area contributed by atoms with Crippen molar-refractivity contribution >= 4 is 70.6 Å². The third kappa shape index (κ3) is 14.7. The predicted octanol–water partition coefficient (Wildman–Crippen LogP) is 8.53. The SMILES string of the molecule is CCC(CC)(NC(=O)C1CCC(CN2C(=O)CC(SCCC(=O)N(C)[C@@H](C)C(=O)O[C@H]3CC(=O)N(C)c4cc(cc(OC)c4Cl)C/C(C)=C/C=C/[C@@H](OC)[C@@]4(O)C[C@H](OC(=O)N4)[C@@H](C)[C@@H]4O[C@@]34C)C2=O)CC1)c1ccccccccc1. The molecule has 1 aliphatic carbocycles. The number of hydrogen-bond acceptors (Lipinski definition) is 14. The van der Waals surface area contributed by atoms with E-state index in [-0.39, 0.29) is 72.6 Å². The Labute approximate surface area is 491 Å². The quantitative estimate of drug-likeness (QED) is 0.0815. The first kappa shape index (κ1) is 63.6. The van der Waals surface area contributed by atoms with Crippen molar-refractivity contribution in [2.75, 3.05) is 45.5 Å². The molecule has 4 aliphatic heterocycles. The number of carbonyl (C=O) groups is 7. The number of halogens is 1. The maximum Gasteiger partial charge on any atom is 0.409 e. The molecule has 446 valence electrons. The zero-order valence-corrected chi connectivity index (χ0v) is 50.5. The van der Waals surface area contributed by atoms with E-state index in [1.165, 1.54) is 54.7 Å². The fourth-order valence-corrected chi connectivity index (χ4v) is 13.2. The number of likely N-dealkylation sites (tertiary alicyclic amines) is 1. The number of alkyl carbamates (subject to hydrolysis) is 1. The first-order valence-electron chi connectivity index (χ1n) is 28.5. The van der Waals surface area contributed by atoms with Crippen LogP contribution in [0.4, 0.5) is 10.5 Å². The number of likely N-dealkylation sites (N-methyl/N-ethyl adjacent to an activating group) is 1. The summed E-state index contributed by atoms with van der Waals surface area (Å²) in [5, 5.41) is 17.4. The summed E-state index contributed by atoms with van der Waals surface area (Å²) in [4.78, 5) is 100. The van der Waals surface area contributed by atoms with E-state index in [0.29, 0.717) is 43.5 Å². The molecule has 5 aliphatic rings. The van der Waals surface area contributed by atoms with Gasteiger partial charge in [0.05, 0.1) is 36.1 Å². The van der Waals surface area contributed by atoms with Crippen LogP contribution in [0.1, 0.15) is 117 Å². The van der Waals surface area contributed by atoms with Gasteiger partial charge >= 0.3 is 12.1 Å². The molecule has 4 bridgehead atoms. The lowest BCUT2D eigenvalue weighted by Crippen LogP contribution is -2.63. The Morgan fingerprint density at radius 2 is 1.65 bits per heavy atom. The van der Waals surface area contributed by atoms with Crippen molar-refractivity contribution in [3.63, 3.8) is 0 Å². The molecular formula is C62H82ClN5O13S. The lowest BCUT2D eigenvalue weighted by atomic mass is 9.79. The van der Waals surface area contributed by atoms with E-state index in [0.717, 1.165) is 29.5 Å². The van der Waals surface area contributed by atoms with Crippen molar-refractivity contribution in [3.05, 3.63) is 107 Å². The van der Waals surface area contributed by atoms with Gasteiger partial charge in [0.2, 0.25) is 29.5 Å². The van der Waals surface area contributed by atoms with Crippen molar-refractivity contribution in [3.8, 4) is 5.75 Å². The van der Waals surface area contributed by atoms with Crippen molar-refractivity contribution in [1.82, 2.24) is 20.4 Å². The normalized spacial score (nSPS) is 29.1. The number of esters is 1. The van der Waals surface area contributed by atoms with Crippen molar-refractivity contribution < 1.29 is 62.4 Å². The summed E-state index contributed by atoms with van der Waals surface area (Å²) in [5.74, 6) is -2.42. The third-order valence-corrected chi connectivity index (χ3v) is 19.0. The number of nitrogens with zero attached hydrogens (tertiary/aromatic N) is 3. The number of anilines is 1. The number of imide groups is 1. The smallest absolute Gasteiger partial charge is 0.409 e. The largest absolute Gasteiger partial charge is 0.495 e. The van der Waals surface area contributed by atoms with Crippen LogP contribution in [0, 0.1) is 17.8 Å². The van der Waals surface area contributed by atoms with Crippen LogP contribution in [0.5, 0.6) is 5.75 Å². The van der Waals surface area contributed by atoms with Gasteiger partial charge in [0.25, 0.3) is 0 Å². The summed E-state index contributed by atoms with van der Waals surface area (Å²) < 4.78 is 29.6. The third-order valence-electron chi connectivity index (χ3n) is 17.4. The average molecular weight is 1170 g/mol. The average Bonchev–Trinajstić information content (AvgIpc) is 3.56. The molecule has 2 aromatic carbocycles. The van der Waals surface area contributed by atoms with Gasteiger partial charge < -0.3 is 43.9 Å². The lowest BCUT2D eigenvalue weighted by Gasteiger charge is -2.42. The van der Waals surface area contributed by atoms with Crippen molar-refractivity contribution in [1.29, 1.82) is 0 Å². The van der Waals surface area contributed by atoms with E-state index < -0.39 is 82.4 Å². The monoisotopic (exact) mass is 1170 g/mol. The molecule has 0 spiro atoms. The summed E-state index contributed by atoms with van der Waals surface area (Å²) >= 11 is 8.07. The van der Waals surface area contributed by atoms with Gasteiger partial charge in [-0.25, -0.2) is 9.59 Å². The van der Waals surface area contributed by atoms with Gasteiger partial charge in [0.1, 0.15) is 40.7 Å². The topological polar surface area (TPSA) is 223 Å². The van der Waals surface area contributed by atoms with Gasteiger partial charge in [0.15, 0.2) is 5.72 Å². The Kier molecular flexibility index (Phi) is 21.4. The van der Waals surface area contributed by atoms with E-state index in [2.05, 4.69) is 36.6 Å². The second-order valence-electron chi connectivity index (χ2n) is 22.7. The van der Waals surface area contributed by atoms with Crippen LogP contribution in [0.2, 0.25) is 5.02 Å². The number of benzene rings is 1. The number of hydrogen-bond donors (Lipinski definition) is 3. The first-order valence-corrected chi connectivity index (χ1v) is 30.0.